The molecule has 0 bridgehead atoms. The van der Waals surface area contributed by atoms with Gasteiger partial charge in [-0.2, -0.15) is 0 Å². The smallest absolute Gasteiger partial charge is 0.220 e. The summed E-state index contributed by atoms with van der Waals surface area (Å²) in [7, 11) is 0. The highest BCUT2D eigenvalue weighted by atomic mass is 35.5. The van der Waals surface area contributed by atoms with Gasteiger partial charge in [0.15, 0.2) is 0 Å². The Kier molecular flexibility index (Phi) is 5.62. The van der Waals surface area contributed by atoms with Crippen LogP contribution in [0.4, 0.5) is 0 Å². The standard InChI is InChI=1S/C19H17ClN2OS/c20-16-8-4-5-14(11-16)9-10-18(23)21-12-19-22-17(13-24-19)15-6-2-1-3-7-15/h1-8,11,13H,9-10,12H2,(H,21,23). The third-order valence-electron chi connectivity index (χ3n) is 3.59. The minimum Gasteiger partial charge on any atom is -0.350 e. The van der Waals surface area contributed by atoms with Gasteiger partial charge in [0.2, 0.25) is 5.91 Å². The fourth-order valence-electron chi connectivity index (χ4n) is 2.35. The summed E-state index contributed by atoms with van der Waals surface area (Å²) in [4.78, 5) is 16.6. The molecule has 24 heavy (non-hydrogen) atoms. The first-order chi connectivity index (χ1) is 11.7. The van der Waals surface area contributed by atoms with E-state index in [0.717, 1.165) is 21.8 Å². The molecule has 0 unspecified atom stereocenters. The van der Waals surface area contributed by atoms with Gasteiger partial charge in [-0.15, -0.1) is 11.3 Å². The number of amides is 1. The van der Waals surface area contributed by atoms with Crippen LogP contribution in [-0.2, 0) is 17.8 Å². The van der Waals surface area contributed by atoms with Gasteiger partial charge in [0.05, 0.1) is 12.2 Å². The van der Waals surface area contributed by atoms with E-state index in [1.807, 2.05) is 60.0 Å². The van der Waals surface area contributed by atoms with Gasteiger partial charge in [-0.3, -0.25) is 4.79 Å². The molecule has 0 aliphatic rings. The molecule has 0 aliphatic carbocycles. The number of aromatic nitrogens is 1. The lowest BCUT2D eigenvalue weighted by Gasteiger charge is -2.04. The average Bonchev–Trinajstić information content (AvgIpc) is 3.08. The maximum absolute atomic E-state index is 12.0. The van der Waals surface area contributed by atoms with Crippen LogP contribution in [-0.4, -0.2) is 10.9 Å². The number of nitrogens with one attached hydrogen (secondary N) is 1. The third-order valence-corrected chi connectivity index (χ3v) is 4.67. The van der Waals surface area contributed by atoms with E-state index in [0.29, 0.717) is 24.4 Å². The Bertz CT molecular complexity index is 817. The Balaban J connectivity index is 1.49. The summed E-state index contributed by atoms with van der Waals surface area (Å²) >= 11 is 7.51. The van der Waals surface area contributed by atoms with Crippen LogP contribution in [0.1, 0.15) is 17.0 Å². The van der Waals surface area contributed by atoms with Gasteiger partial charge in [0, 0.05) is 22.4 Å². The molecular formula is C19H17ClN2OS. The van der Waals surface area contributed by atoms with Crippen LogP contribution in [0.3, 0.4) is 0 Å². The van der Waals surface area contributed by atoms with Gasteiger partial charge in [-0.25, -0.2) is 4.98 Å². The summed E-state index contributed by atoms with van der Waals surface area (Å²) in [6.07, 6.45) is 1.12. The van der Waals surface area contributed by atoms with E-state index in [2.05, 4.69) is 10.3 Å². The first-order valence-electron chi connectivity index (χ1n) is 7.72. The molecule has 1 amide bonds. The average molecular weight is 357 g/mol. The van der Waals surface area contributed by atoms with Crippen molar-refractivity contribution in [3.8, 4) is 11.3 Å². The van der Waals surface area contributed by atoms with Gasteiger partial charge < -0.3 is 5.32 Å². The van der Waals surface area contributed by atoms with Crippen LogP contribution in [0.15, 0.2) is 60.0 Å². The predicted octanol–water partition coefficient (Wildman–Crippen LogP) is 4.71. The Morgan fingerprint density at radius 1 is 1.12 bits per heavy atom. The van der Waals surface area contributed by atoms with E-state index >= 15 is 0 Å². The molecule has 0 atom stereocenters. The zero-order valence-electron chi connectivity index (χ0n) is 13.0. The highest BCUT2D eigenvalue weighted by Gasteiger charge is 2.07. The van der Waals surface area contributed by atoms with Crippen molar-refractivity contribution in [2.24, 2.45) is 0 Å². The number of rotatable bonds is 6. The van der Waals surface area contributed by atoms with Crippen molar-refractivity contribution in [2.75, 3.05) is 0 Å². The number of thiazole rings is 1. The topological polar surface area (TPSA) is 42.0 Å². The Morgan fingerprint density at radius 3 is 2.75 bits per heavy atom. The summed E-state index contributed by atoms with van der Waals surface area (Å²) in [5.74, 6) is 0.0198. The van der Waals surface area contributed by atoms with Crippen molar-refractivity contribution in [1.82, 2.24) is 10.3 Å². The van der Waals surface area contributed by atoms with Gasteiger partial charge in [0.1, 0.15) is 5.01 Å². The van der Waals surface area contributed by atoms with Crippen molar-refractivity contribution in [3.05, 3.63) is 75.6 Å². The minimum atomic E-state index is 0.0198. The molecule has 0 aliphatic heterocycles. The summed E-state index contributed by atoms with van der Waals surface area (Å²) < 4.78 is 0. The zero-order valence-corrected chi connectivity index (χ0v) is 14.6. The van der Waals surface area contributed by atoms with Crippen LogP contribution < -0.4 is 5.32 Å². The number of carbonyl (C=O) groups excluding carboxylic acids is 1. The molecular weight excluding hydrogens is 340 g/mol. The fraction of sp³-hybridized carbons (Fsp3) is 0.158. The lowest BCUT2D eigenvalue weighted by atomic mass is 10.1. The number of carbonyl (C=O) groups is 1. The number of hydrogen-bond acceptors (Lipinski definition) is 3. The van der Waals surface area contributed by atoms with E-state index in [9.17, 15) is 4.79 Å². The first-order valence-corrected chi connectivity index (χ1v) is 8.97. The highest BCUT2D eigenvalue weighted by molar-refractivity contribution is 7.09. The van der Waals surface area contributed by atoms with Crippen LogP contribution in [0.2, 0.25) is 5.02 Å². The molecule has 1 heterocycles. The van der Waals surface area contributed by atoms with E-state index in [1.165, 1.54) is 0 Å². The number of aryl methyl sites for hydroxylation is 1. The van der Waals surface area contributed by atoms with Gasteiger partial charge in [-0.1, -0.05) is 54.1 Å². The van der Waals surface area contributed by atoms with Crippen LogP contribution >= 0.6 is 22.9 Å². The molecule has 0 fully saturated rings. The predicted molar refractivity (Wildman–Crippen MR) is 99.2 cm³/mol. The Hall–Kier alpha value is -2.17. The lowest BCUT2D eigenvalue weighted by Crippen LogP contribution is -2.22. The molecule has 1 N–H and O–H groups in total. The van der Waals surface area contributed by atoms with Gasteiger partial charge in [0.25, 0.3) is 0 Å². The maximum atomic E-state index is 12.0. The molecule has 0 saturated carbocycles. The molecule has 0 spiro atoms. The van der Waals surface area contributed by atoms with Gasteiger partial charge in [-0.05, 0) is 24.1 Å². The van der Waals surface area contributed by atoms with Crippen molar-refractivity contribution < 1.29 is 4.79 Å². The number of benzene rings is 2. The van der Waals surface area contributed by atoms with Crippen LogP contribution in [0.5, 0.6) is 0 Å². The van der Waals surface area contributed by atoms with E-state index in [1.54, 1.807) is 11.3 Å². The van der Waals surface area contributed by atoms with Crippen LogP contribution in [0, 0.1) is 0 Å². The fourth-order valence-corrected chi connectivity index (χ4v) is 3.30. The lowest BCUT2D eigenvalue weighted by molar-refractivity contribution is -0.121. The normalized spacial score (nSPS) is 10.5. The van der Waals surface area contributed by atoms with Crippen molar-refractivity contribution in [1.29, 1.82) is 0 Å². The molecule has 2 aromatic carbocycles. The molecule has 3 nitrogen and oxygen atoms in total. The minimum absolute atomic E-state index is 0.0198. The molecule has 1 aromatic heterocycles. The Labute approximate surface area is 150 Å². The third kappa shape index (κ3) is 4.66. The monoisotopic (exact) mass is 356 g/mol. The second-order valence-corrected chi connectivity index (χ2v) is 6.78. The maximum Gasteiger partial charge on any atom is 0.220 e. The number of hydrogen-bond donors (Lipinski definition) is 1. The molecule has 0 radical (unpaired) electrons. The molecule has 122 valence electrons. The molecule has 5 heteroatoms. The quantitative estimate of drug-likeness (QED) is 0.694. The Morgan fingerprint density at radius 2 is 1.96 bits per heavy atom. The second-order valence-electron chi connectivity index (χ2n) is 5.40. The summed E-state index contributed by atoms with van der Waals surface area (Å²) in [6, 6.07) is 17.6. The SMILES string of the molecule is O=C(CCc1cccc(Cl)c1)NCc1nc(-c2ccccc2)cs1. The van der Waals surface area contributed by atoms with Crippen molar-refractivity contribution in [3.63, 3.8) is 0 Å². The van der Waals surface area contributed by atoms with E-state index in [-0.39, 0.29) is 5.91 Å². The first kappa shape index (κ1) is 16.7. The van der Waals surface area contributed by atoms with E-state index in [4.69, 9.17) is 11.6 Å². The van der Waals surface area contributed by atoms with Crippen LogP contribution in [0.25, 0.3) is 11.3 Å². The zero-order chi connectivity index (χ0) is 16.8. The van der Waals surface area contributed by atoms with Crippen molar-refractivity contribution >= 4 is 28.8 Å². The van der Waals surface area contributed by atoms with Gasteiger partial charge >= 0.3 is 0 Å². The molecule has 0 saturated heterocycles. The summed E-state index contributed by atoms with van der Waals surface area (Å²) in [5, 5.41) is 6.55. The second kappa shape index (κ2) is 8.08. The molecule has 3 rings (SSSR count). The summed E-state index contributed by atoms with van der Waals surface area (Å²) in [6.45, 7) is 0.464. The van der Waals surface area contributed by atoms with E-state index < -0.39 is 0 Å². The highest BCUT2D eigenvalue weighted by Crippen LogP contribution is 2.21. The number of nitrogens with zero attached hydrogens (tertiary/aromatic N) is 1. The van der Waals surface area contributed by atoms with Crippen molar-refractivity contribution in [2.45, 2.75) is 19.4 Å². The summed E-state index contributed by atoms with van der Waals surface area (Å²) in [5.41, 5.74) is 3.11. The molecule has 3 aromatic rings. The largest absolute Gasteiger partial charge is 0.350 e. The number of halogens is 1.